The minimum Gasteiger partial charge on any atom is -0.369 e. The number of rotatable bonds is 2. The minimum atomic E-state index is -0.311. The second-order valence-electron chi connectivity index (χ2n) is 3.16. The molecule has 1 heterocycles. The van der Waals surface area contributed by atoms with Crippen molar-refractivity contribution in [2.45, 2.75) is 6.42 Å². The molecule has 0 radical (unpaired) electrons. The predicted octanol–water partition coefficient (Wildman–Crippen LogP) is 1.26. The number of fused-ring (bicyclic) bond motifs is 1. The number of hydrogen-bond donors (Lipinski definition) is 1. The average Bonchev–Trinajstić information content (AvgIpc) is 2.18. The van der Waals surface area contributed by atoms with Crippen LogP contribution in [0.15, 0.2) is 36.7 Å². The molecule has 14 heavy (non-hydrogen) atoms. The van der Waals surface area contributed by atoms with E-state index in [9.17, 15) is 4.79 Å². The maximum Gasteiger partial charge on any atom is 0.221 e. The molecule has 1 aromatic carbocycles. The fourth-order valence-electron chi connectivity index (χ4n) is 1.53. The molecule has 1 aromatic heterocycles. The van der Waals surface area contributed by atoms with Crippen molar-refractivity contribution in [1.29, 1.82) is 0 Å². The lowest BCUT2D eigenvalue weighted by Gasteiger charge is -2.02. The Kier molecular flexibility index (Phi) is 2.14. The van der Waals surface area contributed by atoms with Gasteiger partial charge in [0.2, 0.25) is 5.91 Å². The van der Waals surface area contributed by atoms with E-state index < -0.39 is 0 Å². The van der Waals surface area contributed by atoms with E-state index in [1.165, 1.54) is 0 Å². The molecule has 0 saturated carbocycles. The SMILES string of the molecule is NC(=O)Cc1cccc2cnccc12. The predicted molar refractivity (Wildman–Crippen MR) is 54.6 cm³/mol. The van der Waals surface area contributed by atoms with E-state index in [-0.39, 0.29) is 12.3 Å². The first-order chi connectivity index (χ1) is 6.77. The van der Waals surface area contributed by atoms with Crippen LogP contribution >= 0.6 is 0 Å². The lowest BCUT2D eigenvalue weighted by atomic mass is 10.0. The zero-order valence-electron chi connectivity index (χ0n) is 7.60. The van der Waals surface area contributed by atoms with Gasteiger partial charge in [0.05, 0.1) is 6.42 Å². The molecular formula is C11H10N2O. The van der Waals surface area contributed by atoms with Gasteiger partial charge in [0, 0.05) is 17.8 Å². The van der Waals surface area contributed by atoms with Crippen molar-refractivity contribution in [3.8, 4) is 0 Å². The van der Waals surface area contributed by atoms with Gasteiger partial charge in [-0.3, -0.25) is 9.78 Å². The molecule has 0 aliphatic heterocycles. The number of pyridine rings is 1. The molecule has 1 amide bonds. The van der Waals surface area contributed by atoms with E-state index in [1.54, 1.807) is 12.4 Å². The van der Waals surface area contributed by atoms with E-state index in [1.807, 2.05) is 24.3 Å². The van der Waals surface area contributed by atoms with Crippen LogP contribution in [0.2, 0.25) is 0 Å². The molecule has 3 heteroatoms. The standard InChI is InChI=1S/C11H10N2O/c12-11(14)6-8-2-1-3-9-7-13-5-4-10(8)9/h1-5,7H,6H2,(H2,12,14). The fourth-order valence-corrected chi connectivity index (χ4v) is 1.53. The molecule has 0 unspecified atom stereocenters. The van der Waals surface area contributed by atoms with Gasteiger partial charge in [0.15, 0.2) is 0 Å². The first-order valence-electron chi connectivity index (χ1n) is 4.37. The number of nitrogens with two attached hydrogens (primary N) is 1. The highest BCUT2D eigenvalue weighted by molar-refractivity contribution is 5.89. The Morgan fingerprint density at radius 3 is 3.00 bits per heavy atom. The van der Waals surface area contributed by atoms with Gasteiger partial charge in [-0.05, 0) is 17.0 Å². The van der Waals surface area contributed by atoms with Crippen LogP contribution in [0.25, 0.3) is 10.8 Å². The fraction of sp³-hybridized carbons (Fsp3) is 0.0909. The lowest BCUT2D eigenvalue weighted by Crippen LogP contribution is -2.13. The number of nitrogens with zero attached hydrogens (tertiary/aromatic N) is 1. The molecule has 0 saturated heterocycles. The first kappa shape index (κ1) is 8.69. The summed E-state index contributed by atoms with van der Waals surface area (Å²) in [6.45, 7) is 0. The largest absolute Gasteiger partial charge is 0.369 e. The highest BCUT2D eigenvalue weighted by Gasteiger charge is 2.02. The Bertz CT molecular complexity index is 474. The molecule has 0 fully saturated rings. The molecule has 70 valence electrons. The third kappa shape index (κ3) is 1.57. The Morgan fingerprint density at radius 1 is 1.36 bits per heavy atom. The van der Waals surface area contributed by atoms with Crippen LogP contribution in [0.1, 0.15) is 5.56 Å². The summed E-state index contributed by atoms with van der Waals surface area (Å²) in [7, 11) is 0. The molecular weight excluding hydrogens is 176 g/mol. The van der Waals surface area contributed by atoms with Crippen molar-refractivity contribution in [3.05, 3.63) is 42.2 Å². The average molecular weight is 186 g/mol. The number of primary amides is 1. The highest BCUT2D eigenvalue weighted by atomic mass is 16.1. The minimum absolute atomic E-state index is 0.279. The Morgan fingerprint density at radius 2 is 2.21 bits per heavy atom. The normalized spacial score (nSPS) is 10.3. The van der Waals surface area contributed by atoms with Crippen LogP contribution in [0.3, 0.4) is 0 Å². The van der Waals surface area contributed by atoms with Gasteiger partial charge >= 0.3 is 0 Å². The molecule has 3 nitrogen and oxygen atoms in total. The number of carbonyl (C=O) groups is 1. The van der Waals surface area contributed by atoms with Crippen LogP contribution in [0, 0.1) is 0 Å². The van der Waals surface area contributed by atoms with E-state index in [0.29, 0.717) is 0 Å². The molecule has 0 atom stereocenters. The maximum atomic E-state index is 10.8. The van der Waals surface area contributed by atoms with E-state index in [0.717, 1.165) is 16.3 Å². The summed E-state index contributed by atoms with van der Waals surface area (Å²) in [5.74, 6) is -0.311. The van der Waals surface area contributed by atoms with Gasteiger partial charge in [-0.25, -0.2) is 0 Å². The monoisotopic (exact) mass is 186 g/mol. The zero-order valence-corrected chi connectivity index (χ0v) is 7.60. The molecule has 2 N–H and O–H groups in total. The highest BCUT2D eigenvalue weighted by Crippen LogP contribution is 2.17. The summed E-state index contributed by atoms with van der Waals surface area (Å²) < 4.78 is 0. The summed E-state index contributed by atoms with van der Waals surface area (Å²) in [6.07, 6.45) is 3.77. The van der Waals surface area contributed by atoms with Crippen LogP contribution in [0.5, 0.6) is 0 Å². The second kappa shape index (κ2) is 3.46. The van der Waals surface area contributed by atoms with Gasteiger partial charge in [0.25, 0.3) is 0 Å². The summed E-state index contributed by atoms with van der Waals surface area (Å²) >= 11 is 0. The topological polar surface area (TPSA) is 56.0 Å². The summed E-state index contributed by atoms with van der Waals surface area (Å²) in [6, 6.07) is 7.68. The quantitative estimate of drug-likeness (QED) is 0.767. The Labute approximate surface area is 81.6 Å². The number of carbonyl (C=O) groups excluding carboxylic acids is 1. The molecule has 0 bridgehead atoms. The lowest BCUT2D eigenvalue weighted by molar-refractivity contribution is -0.117. The van der Waals surface area contributed by atoms with Crippen LogP contribution in [-0.2, 0) is 11.2 Å². The smallest absolute Gasteiger partial charge is 0.221 e. The van der Waals surface area contributed by atoms with Crippen LogP contribution < -0.4 is 5.73 Å². The van der Waals surface area contributed by atoms with Crippen molar-refractivity contribution in [1.82, 2.24) is 4.98 Å². The Hall–Kier alpha value is -1.90. The van der Waals surface area contributed by atoms with Crippen LogP contribution in [-0.4, -0.2) is 10.9 Å². The molecule has 0 aliphatic carbocycles. The maximum absolute atomic E-state index is 10.8. The number of hydrogen-bond acceptors (Lipinski definition) is 2. The molecule has 0 aliphatic rings. The van der Waals surface area contributed by atoms with Crippen molar-refractivity contribution >= 4 is 16.7 Å². The number of amides is 1. The van der Waals surface area contributed by atoms with Gasteiger partial charge in [-0.2, -0.15) is 0 Å². The van der Waals surface area contributed by atoms with Gasteiger partial charge in [-0.15, -0.1) is 0 Å². The van der Waals surface area contributed by atoms with Crippen molar-refractivity contribution in [2.75, 3.05) is 0 Å². The third-order valence-electron chi connectivity index (χ3n) is 2.14. The van der Waals surface area contributed by atoms with Crippen molar-refractivity contribution < 1.29 is 4.79 Å². The second-order valence-corrected chi connectivity index (χ2v) is 3.16. The van der Waals surface area contributed by atoms with Gasteiger partial charge < -0.3 is 5.73 Å². The van der Waals surface area contributed by atoms with Crippen LogP contribution in [0.4, 0.5) is 0 Å². The van der Waals surface area contributed by atoms with Gasteiger partial charge in [-0.1, -0.05) is 18.2 Å². The third-order valence-corrected chi connectivity index (χ3v) is 2.14. The van der Waals surface area contributed by atoms with E-state index in [4.69, 9.17) is 5.73 Å². The van der Waals surface area contributed by atoms with Crippen molar-refractivity contribution in [3.63, 3.8) is 0 Å². The molecule has 0 spiro atoms. The number of aromatic nitrogens is 1. The summed E-state index contributed by atoms with van der Waals surface area (Å²) in [4.78, 5) is 14.8. The zero-order chi connectivity index (χ0) is 9.97. The Balaban J connectivity index is 2.59. The van der Waals surface area contributed by atoms with E-state index >= 15 is 0 Å². The summed E-state index contributed by atoms with van der Waals surface area (Å²) in [5, 5.41) is 2.08. The number of benzene rings is 1. The molecule has 2 rings (SSSR count). The van der Waals surface area contributed by atoms with Gasteiger partial charge in [0.1, 0.15) is 0 Å². The summed E-state index contributed by atoms with van der Waals surface area (Å²) in [5.41, 5.74) is 6.12. The van der Waals surface area contributed by atoms with E-state index in [2.05, 4.69) is 4.98 Å². The first-order valence-corrected chi connectivity index (χ1v) is 4.37. The van der Waals surface area contributed by atoms with Crippen molar-refractivity contribution in [2.24, 2.45) is 5.73 Å². The molecule has 2 aromatic rings.